The van der Waals surface area contributed by atoms with Crippen molar-refractivity contribution in [3.05, 3.63) is 58.2 Å². The number of carbonyl (C=O) groups is 2. The van der Waals surface area contributed by atoms with Crippen molar-refractivity contribution in [3.8, 4) is 0 Å². The van der Waals surface area contributed by atoms with Gasteiger partial charge in [-0.3, -0.25) is 9.59 Å². The Morgan fingerprint density at radius 2 is 2.00 bits per heavy atom. The molecule has 0 bridgehead atoms. The Bertz CT molecular complexity index is 900. The van der Waals surface area contributed by atoms with E-state index < -0.39 is 0 Å². The summed E-state index contributed by atoms with van der Waals surface area (Å²) < 4.78 is 13.0. The van der Waals surface area contributed by atoms with Gasteiger partial charge >= 0.3 is 0 Å². The van der Waals surface area contributed by atoms with Crippen LogP contribution in [-0.4, -0.2) is 41.1 Å². The molecule has 2 heterocycles. The van der Waals surface area contributed by atoms with Gasteiger partial charge in [-0.2, -0.15) is 0 Å². The van der Waals surface area contributed by atoms with Gasteiger partial charge < -0.3 is 9.88 Å². The third-order valence-electron chi connectivity index (χ3n) is 6.51. The molecule has 5 heteroatoms. The van der Waals surface area contributed by atoms with Gasteiger partial charge in [-0.05, 0) is 81.9 Å². The maximum absolute atomic E-state index is 13.1. The number of aromatic nitrogens is 1. The molecule has 1 N–H and O–H groups in total. The van der Waals surface area contributed by atoms with Gasteiger partial charge in [0, 0.05) is 41.4 Å². The number of fused-ring (bicyclic) bond motifs is 2. The first kappa shape index (κ1) is 19.1. The maximum atomic E-state index is 13.1. The van der Waals surface area contributed by atoms with Crippen LogP contribution in [0.15, 0.2) is 24.3 Å². The lowest BCUT2D eigenvalue weighted by Gasteiger charge is -2.40. The third-order valence-corrected chi connectivity index (χ3v) is 6.51. The van der Waals surface area contributed by atoms with Crippen molar-refractivity contribution in [2.45, 2.75) is 39.5 Å². The van der Waals surface area contributed by atoms with Crippen LogP contribution in [0, 0.1) is 31.5 Å². The van der Waals surface area contributed by atoms with Crippen molar-refractivity contribution in [3.63, 3.8) is 0 Å². The second-order valence-electron chi connectivity index (χ2n) is 8.29. The summed E-state index contributed by atoms with van der Waals surface area (Å²) in [4.78, 5) is 31.1. The van der Waals surface area contributed by atoms with Crippen molar-refractivity contribution < 1.29 is 14.0 Å². The summed E-state index contributed by atoms with van der Waals surface area (Å²) in [6.45, 7) is 6.66. The van der Waals surface area contributed by atoms with Crippen molar-refractivity contribution in [1.82, 2.24) is 9.88 Å². The summed E-state index contributed by atoms with van der Waals surface area (Å²) in [7, 11) is 0. The fraction of sp³-hybridized carbons (Fsp3) is 0.478. The number of nitrogens with zero attached hydrogens (tertiary/aromatic N) is 1. The number of aromatic amines is 1. The van der Waals surface area contributed by atoms with E-state index in [1.165, 1.54) is 12.1 Å². The summed E-state index contributed by atoms with van der Waals surface area (Å²) >= 11 is 0. The number of hydrogen-bond acceptors (Lipinski definition) is 3. The first-order valence-electron chi connectivity index (χ1n) is 10.2. The van der Waals surface area contributed by atoms with Crippen LogP contribution in [-0.2, 0) is 6.42 Å². The first-order valence-corrected chi connectivity index (χ1v) is 10.2. The number of rotatable bonds is 5. The highest BCUT2D eigenvalue weighted by molar-refractivity contribution is 6.02. The van der Waals surface area contributed by atoms with E-state index in [0.717, 1.165) is 61.4 Å². The van der Waals surface area contributed by atoms with Crippen molar-refractivity contribution >= 4 is 11.6 Å². The van der Waals surface area contributed by atoms with Gasteiger partial charge in [-0.1, -0.05) is 0 Å². The molecule has 1 aromatic heterocycles. The smallest absolute Gasteiger partial charge is 0.169 e. The van der Waals surface area contributed by atoms with Crippen LogP contribution in [0.3, 0.4) is 0 Å². The number of carbonyl (C=O) groups excluding carboxylic acids is 2. The standard InChI is InChI=1S/C23H27FN2O2/c1-14-15(2)25-20-12-17-9-11-26(13-19(17)23(28)22(14)20)10-3-4-21(27)16-5-7-18(24)8-6-16/h5-8,17,19,25H,3-4,9-13H2,1-2H3/t17-,19+/m1/s1. The molecule has 0 saturated carbocycles. The SMILES string of the molecule is Cc1[nH]c2c(c1C)C(=O)[C@H]1CN(CCCC(=O)c3ccc(F)cc3)CC[C@@H]1C2. The highest BCUT2D eigenvalue weighted by atomic mass is 19.1. The molecule has 0 spiro atoms. The molecule has 1 aliphatic heterocycles. The number of aryl methyl sites for hydroxylation is 1. The number of likely N-dealkylation sites (tertiary alicyclic amines) is 1. The Hall–Kier alpha value is -2.27. The maximum Gasteiger partial charge on any atom is 0.169 e. The van der Waals surface area contributed by atoms with E-state index in [1.807, 2.05) is 13.8 Å². The lowest BCUT2D eigenvalue weighted by molar-refractivity contribution is 0.0653. The number of H-pyrrole nitrogens is 1. The monoisotopic (exact) mass is 382 g/mol. The number of halogens is 1. The Labute approximate surface area is 165 Å². The minimum absolute atomic E-state index is 0.0479. The minimum atomic E-state index is -0.326. The molecule has 2 atom stereocenters. The van der Waals surface area contributed by atoms with Crippen molar-refractivity contribution in [2.24, 2.45) is 11.8 Å². The van der Waals surface area contributed by atoms with Crippen LogP contribution in [0.25, 0.3) is 0 Å². The van der Waals surface area contributed by atoms with Gasteiger partial charge in [0.05, 0.1) is 0 Å². The van der Waals surface area contributed by atoms with E-state index in [2.05, 4.69) is 9.88 Å². The van der Waals surface area contributed by atoms with E-state index >= 15 is 0 Å². The highest BCUT2D eigenvalue weighted by Gasteiger charge is 2.40. The van der Waals surface area contributed by atoms with E-state index in [-0.39, 0.29) is 17.5 Å². The summed E-state index contributed by atoms with van der Waals surface area (Å²) in [5.41, 5.74) is 4.81. The molecule has 0 amide bonds. The first-order chi connectivity index (χ1) is 13.4. The summed E-state index contributed by atoms with van der Waals surface area (Å²) in [5.74, 6) is 0.511. The zero-order valence-electron chi connectivity index (χ0n) is 16.6. The fourth-order valence-corrected chi connectivity index (χ4v) is 4.79. The lowest BCUT2D eigenvalue weighted by atomic mass is 9.73. The molecule has 1 saturated heterocycles. The van der Waals surface area contributed by atoms with Gasteiger partial charge in [-0.15, -0.1) is 0 Å². The number of benzene rings is 1. The molecule has 0 unspecified atom stereocenters. The molecular weight excluding hydrogens is 355 g/mol. The van der Waals surface area contributed by atoms with Gasteiger partial charge in [0.1, 0.15) is 5.82 Å². The zero-order chi connectivity index (χ0) is 19.8. The predicted molar refractivity (Wildman–Crippen MR) is 106 cm³/mol. The van der Waals surface area contributed by atoms with Crippen LogP contribution in [0.5, 0.6) is 0 Å². The van der Waals surface area contributed by atoms with Crippen molar-refractivity contribution in [2.75, 3.05) is 19.6 Å². The van der Waals surface area contributed by atoms with Crippen LogP contribution in [0.4, 0.5) is 4.39 Å². The molecule has 1 aliphatic carbocycles. The Morgan fingerprint density at radius 3 is 2.75 bits per heavy atom. The van der Waals surface area contributed by atoms with Crippen LogP contribution in [0.1, 0.15) is 56.9 Å². The van der Waals surface area contributed by atoms with E-state index in [1.54, 1.807) is 12.1 Å². The van der Waals surface area contributed by atoms with E-state index in [0.29, 0.717) is 23.7 Å². The molecule has 1 aromatic carbocycles. The molecule has 2 aromatic rings. The number of ketones is 2. The second kappa shape index (κ2) is 7.63. The number of hydrogen-bond donors (Lipinski definition) is 1. The zero-order valence-corrected chi connectivity index (χ0v) is 16.6. The van der Waals surface area contributed by atoms with Crippen LogP contribution >= 0.6 is 0 Å². The molecule has 1 fully saturated rings. The molecule has 28 heavy (non-hydrogen) atoms. The van der Waals surface area contributed by atoms with Gasteiger partial charge in [0.2, 0.25) is 0 Å². The molecule has 0 radical (unpaired) electrons. The molecule has 4 nitrogen and oxygen atoms in total. The number of Topliss-reactive ketones (excluding diaryl/α,β-unsaturated/α-hetero) is 2. The quantitative estimate of drug-likeness (QED) is 0.792. The average molecular weight is 382 g/mol. The second-order valence-corrected chi connectivity index (χ2v) is 8.29. The Morgan fingerprint density at radius 1 is 1.25 bits per heavy atom. The molecule has 2 aliphatic rings. The molecule has 4 rings (SSSR count). The fourth-order valence-electron chi connectivity index (χ4n) is 4.79. The summed E-state index contributed by atoms with van der Waals surface area (Å²) in [5, 5.41) is 0. The van der Waals surface area contributed by atoms with E-state index in [4.69, 9.17) is 0 Å². The topological polar surface area (TPSA) is 53.2 Å². The Balaban J connectivity index is 1.34. The van der Waals surface area contributed by atoms with E-state index in [9.17, 15) is 14.0 Å². The highest BCUT2D eigenvalue weighted by Crippen LogP contribution is 2.37. The van der Waals surface area contributed by atoms with Crippen LogP contribution < -0.4 is 0 Å². The Kier molecular flexibility index (Phi) is 5.19. The minimum Gasteiger partial charge on any atom is -0.362 e. The predicted octanol–water partition coefficient (Wildman–Crippen LogP) is 4.11. The molecular formula is C23H27FN2O2. The van der Waals surface area contributed by atoms with Gasteiger partial charge in [-0.25, -0.2) is 4.39 Å². The lowest BCUT2D eigenvalue weighted by Crippen LogP contribution is -2.47. The van der Waals surface area contributed by atoms with Gasteiger partial charge in [0.15, 0.2) is 11.6 Å². The van der Waals surface area contributed by atoms with Crippen molar-refractivity contribution in [1.29, 1.82) is 0 Å². The van der Waals surface area contributed by atoms with Gasteiger partial charge in [0.25, 0.3) is 0 Å². The summed E-state index contributed by atoms with van der Waals surface area (Å²) in [6, 6.07) is 5.74. The summed E-state index contributed by atoms with van der Waals surface area (Å²) in [6.07, 6.45) is 3.20. The van der Waals surface area contributed by atoms with Crippen LogP contribution in [0.2, 0.25) is 0 Å². The largest absolute Gasteiger partial charge is 0.362 e. The normalized spacial score (nSPS) is 22.0. The number of piperidine rings is 1. The average Bonchev–Trinajstić information content (AvgIpc) is 2.96. The third kappa shape index (κ3) is 3.55. The number of nitrogens with one attached hydrogen (secondary N) is 1. The molecule has 148 valence electrons.